The van der Waals surface area contributed by atoms with Gasteiger partial charge in [0.1, 0.15) is 0 Å². The van der Waals surface area contributed by atoms with Gasteiger partial charge in [0.2, 0.25) is 0 Å². The van der Waals surface area contributed by atoms with Crippen molar-refractivity contribution >= 4 is 0 Å². The molecule has 0 bridgehead atoms. The van der Waals surface area contributed by atoms with Crippen LogP contribution in [0, 0.1) is 0 Å². The zero-order valence-electron chi connectivity index (χ0n) is 11.7. The van der Waals surface area contributed by atoms with Crippen molar-refractivity contribution in [2.75, 3.05) is 0 Å². The van der Waals surface area contributed by atoms with Gasteiger partial charge in [-0.05, 0) is 70.1 Å². The molecule has 0 aromatic rings. The van der Waals surface area contributed by atoms with E-state index in [9.17, 15) is 0 Å². The van der Waals surface area contributed by atoms with Gasteiger partial charge in [0.05, 0.1) is 0 Å². The molecule has 1 aliphatic carbocycles. The number of hydrogen-bond acceptors (Lipinski definition) is 0. The Morgan fingerprint density at radius 3 is 2.24 bits per heavy atom. The van der Waals surface area contributed by atoms with E-state index in [-0.39, 0.29) is 0 Å². The van der Waals surface area contributed by atoms with Crippen LogP contribution in [0.25, 0.3) is 0 Å². The Morgan fingerprint density at radius 1 is 1.18 bits per heavy atom. The maximum Gasteiger partial charge on any atom is 0.0219 e. The van der Waals surface area contributed by atoms with Crippen LogP contribution in [-0.4, -0.2) is 0 Å². The van der Waals surface area contributed by atoms with E-state index in [2.05, 4.69) is 45.2 Å². The fourth-order valence-electron chi connectivity index (χ4n) is 2.36. The molecular formula is C17H24. The Morgan fingerprint density at radius 2 is 1.76 bits per heavy atom. The second-order valence-electron chi connectivity index (χ2n) is 4.90. The smallest absolute Gasteiger partial charge is 0.0219 e. The van der Waals surface area contributed by atoms with Crippen LogP contribution < -0.4 is 0 Å². The van der Waals surface area contributed by atoms with Crippen LogP contribution in [0.3, 0.4) is 0 Å². The summed E-state index contributed by atoms with van der Waals surface area (Å²) in [7, 11) is 0. The van der Waals surface area contributed by atoms with E-state index in [0.29, 0.717) is 0 Å². The van der Waals surface area contributed by atoms with Crippen molar-refractivity contribution in [3.8, 4) is 0 Å². The molecule has 1 fully saturated rings. The van der Waals surface area contributed by atoms with Gasteiger partial charge in [-0.25, -0.2) is 0 Å². The molecular weight excluding hydrogens is 204 g/mol. The molecule has 0 nitrogen and oxygen atoms in total. The maximum atomic E-state index is 4.09. The highest BCUT2D eigenvalue weighted by Crippen LogP contribution is 2.31. The van der Waals surface area contributed by atoms with Crippen molar-refractivity contribution in [3.63, 3.8) is 0 Å². The fraction of sp³-hybridized carbons (Fsp3) is 0.471. The van der Waals surface area contributed by atoms with Crippen LogP contribution in [0.15, 0.2) is 52.3 Å². The van der Waals surface area contributed by atoms with E-state index in [1.165, 1.54) is 42.4 Å². The van der Waals surface area contributed by atoms with Crippen molar-refractivity contribution in [3.05, 3.63) is 52.3 Å². The highest BCUT2D eigenvalue weighted by molar-refractivity contribution is 5.47. The summed E-state index contributed by atoms with van der Waals surface area (Å²) in [5.74, 6) is 0. The third-order valence-corrected chi connectivity index (χ3v) is 3.28. The Balaban J connectivity index is 3.23. The Bertz CT molecular complexity index is 413. The minimum Gasteiger partial charge on any atom is -0.109 e. The molecule has 0 radical (unpaired) electrons. The zero-order valence-corrected chi connectivity index (χ0v) is 11.7. The Labute approximate surface area is 106 Å². The van der Waals surface area contributed by atoms with Crippen molar-refractivity contribution in [1.82, 2.24) is 0 Å². The molecule has 0 aromatic carbocycles. The van der Waals surface area contributed by atoms with Crippen molar-refractivity contribution < 1.29 is 0 Å². The summed E-state index contributed by atoms with van der Waals surface area (Å²) in [6.07, 6.45) is 9.34. The molecule has 0 spiro atoms. The molecule has 0 atom stereocenters. The number of rotatable bonds is 3. The Hall–Kier alpha value is -1.26. The minimum atomic E-state index is 1.12. The second kappa shape index (κ2) is 6.47. The van der Waals surface area contributed by atoms with Crippen LogP contribution in [0.4, 0.5) is 0 Å². The topological polar surface area (TPSA) is 0 Å². The standard InChI is InChI=1S/C17H24/c1-6-9-14(4)12-17(13(2)3)15(5)16-10-7-8-11-16/h6,9H,2,7-8,10-11H2,1,3-5H3. The van der Waals surface area contributed by atoms with E-state index in [1.807, 2.05) is 6.92 Å². The van der Waals surface area contributed by atoms with Gasteiger partial charge in [0, 0.05) is 5.57 Å². The van der Waals surface area contributed by atoms with Gasteiger partial charge in [-0.15, -0.1) is 5.73 Å². The lowest BCUT2D eigenvalue weighted by atomic mass is 9.95. The normalized spacial score (nSPS) is 14.9. The summed E-state index contributed by atoms with van der Waals surface area (Å²) >= 11 is 0. The second-order valence-corrected chi connectivity index (χ2v) is 4.90. The Kier molecular flexibility index (Phi) is 5.25. The molecule has 0 N–H and O–H groups in total. The molecule has 0 heterocycles. The van der Waals surface area contributed by atoms with E-state index in [4.69, 9.17) is 0 Å². The third kappa shape index (κ3) is 3.91. The van der Waals surface area contributed by atoms with Gasteiger partial charge in [-0.2, -0.15) is 0 Å². The van der Waals surface area contributed by atoms with E-state index in [0.717, 1.165) is 5.57 Å². The minimum absolute atomic E-state index is 1.12. The van der Waals surface area contributed by atoms with Crippen molar-refractivity contribution in [2.45, 2.75) is 53.4 Å². The van der Waals surface area contributed by atoms with Gasteiger partial charge in [-0.1, -0.05) is 24.3 Å². The highest BCUT2D eigenvalue weighted by Gasteiger charge is 2.12. The average Bonchev–Trinajstić information content (AvgIpc) is 2.78. The lowest BCUT2D eigenvalue weighted by Gasteiger charge is -2.09. The summed E-state index contributed by atoms with van der Waals surface area (Å²) in [6.45, 7) is 12.5. The quantitative estimate of drug-likeness (QED) is 0.442. The molecule has 0 amide bonds. The highest BCUT2D eigenvalue weighted by atomic mass is 14.2. The molecule has 0 unspecified atom stereocenters. The molecule has 0 saturated heterocycles. The summed E-state index contributed by atoms with van der Waals surface area (Å²) < 4.78 is 0. The van der Waals surface area contributed by atoms with E-state index < -0.39 is 0 Å². The van der Waals surface area contributed by atoms with Gasteiger partial charge in [-0.3, -0.25) is 0 Å². The molecule has 1 rings (SSSR count). The number of allylic oxidation sites excluding steroid dienone is 6. The van der Waals surface area contributed by atoms with Crippen LogP contribution in [0.5, 0.6) is 0 Å². The summed E-state index contributed by atoms with van der Waals surface area (Å²) in [6, 6.07) is 0. The first kappa shape index (κ1) is 13.8. The van der Waals surface area contributed by atoms with E-state index in [1.54, 1.807) is 5.57 Å². The van der Waals surface area contributed by atoms with Crippen molar-refractivity contribution in [1.29, 1.82) is 0 Å². The van der Waals surface area contributed by atoms with Crippen LogP contribution >= 0.6 is 0 Å². The lowest BCUT2D eigenvalue weighted by Crippen LogP contribution is -1.90. The average molecular weight is 228 g/mol. The predicted molar refractivity (Wildman–Crippen MR) is 77.0 cm³/mol. The molecule has 1 saturated carbocycles. The van der Waals surface area contributed by atoms with Gasteiger partial charge >= 0.3 is 0 Å². The first-order valence-corrected chi connectivity index (χ1v) is 6.51. The predicted octanol–water partition coefficient (Wildman–Crippen LogP) is 5.50. The summed E-state index contributed by atoms with van der Waals surface area (Å²) in [5.41, 5.74) is 9.98. The van der Waals surface area contributed by atoms with Crippen LogP contribution in [-0.2, 0) is 0 Å². The van der Waals surface area contributed by atoms with Gasteiger partial charge < -0.3 is 0 Å². The summed E-state index contributed by atoms with van der Waals surface area (Å²) in [4.78, 5) is 0. The van der Waals surface area contributed by atoms with Gasteiger partial charge in [0.15, 0.2) is 0 Å². The van der Waals surface area contributed by atoms with E-state index >= 15 is 0 Å². The van der Waals surface area contributed by atoms with Crippen LogP contribution in [0.2, 0.25) is 0 Å². The molecule has 1 aliphatic rings. The maximum absolute atomic E-state index is 4.09. The molecule has 0 aromatic heterocycles. The molecule has 0 heteroatoms. The monoisotopic (exact) mass is 228 g/mol. The largest absolute Gasteiger partial charge is 0.109 e. The SMILES string of the molecule is C=C(C)C(=C=C(C)C=CC)C(C)=C1CCCC1. The lowest BCUT2D eigenvalue weighted by molar-refractivity contribution is 0.886. The first-order chi connectivity index (χ1) is 8.06. The first-order valence-electron chi connectivity index (χ1n) is 6.51. The molecule has 92 valence electrons. The number of hydrogen-bond donors (Lipinski definition) is 0. The fourth-order valence-corrected chi connectivity index (χ4v) is 2.36. The van der Waals surface area contributed by atoms with Crippen LogP contribution in [0.1, 0.15) is 53.4 Å². The molecule has 0 aliphatic heterocycles. The summed E-state index contributed by atoms with van der Waals surface area (Å²) in [5, 5.41) is 0. The molecule has 17 heavy (non-hydrogen) atoms. The van der Waals surface area contributed by atoms with Gasteiger partial charge in [0.25, 0.3) is 0 Å². The third-order valence-electron chi connectivity index (χ3n) is 3.28. The van der Waals surface area contributed by atoms with Crippen molar-refractivity contribution in [2.24, 2.45) is 0 Å². The zero-order chi connectivity index (χ0) is 12.8.